The normalized spacial score (nSPS) is 30.3. The SMILES string of the molecule is O[C@@H](C1CNC1)N1CCCC1. The van der Waals surface area contributed by atoms with E-state index in [-0.39, 0.29) is 6.23 Å². The molecule has 0 spiro atoms. The quantitative estimate of drug-likeness (QED) is 0.572. The number of nitrogens with zero attached hydrogens (tertiary/aromatic N) is 1. The molecule has 64 valence electrons. The summed E-state index contributed by atoms with van der Waals surface area (Å²) >= 11 is 0. The maximum Gasteiger partial charge on any atom is 0.112 e. The molecule has 3 nitrogen and oxygen atoms in total. The Labute approximate surface area is 67.4 Å². The van der Waals surface area contributed by atoms with Gasteiger partial charge < -0.3 is 10.4 Å². The van der Waals surface area contributed by atoms with Crippen LogP contribution in [0.4, 0.5) is 0 Å². The summed E-state index contributed by atoms with van der Waals surface area (Å²) in [5, 5.41) is 12.9. The minimum absolute atomic E-state index is 0.168. The van der Waals surface area contributed by atoms with Crippen molar-refractivity contribution >= 4 is 0 Å². The van der Waals surface area contributed by atoms with Gasteiger partial charge in [-0.15, -0.1) is 0 Å². The molecule has 2 fully saturated rings. The van der Waals surface area contributed by atoms with Crippen molar-refractivity contribution in [2.24, 2.45) is 5.92 Å². The third-order valence-corrected chi connectivity index (χ3v) is 2.75. The second-order valence-corrected chi connectivity index (χ2v) is 3.58. The van der Waals surface area contributed by atoms with Crippen LogP contribution in [0.1, 0.15) is 12.8 Å². The number of hydrogen-bond donors (Lipinski definition) is 2. The standard InChI is InChI=1S/C8H16N2O/c11-8(7-5-9-6-7)10-3-1-2-4-10/h7-9,11H,1-6H2/t8-/m0/s1. The Morgan fingerprint density at radius 1 is 1.27 bits per heavy atom. The van der Waals surface area contributed by atoms with Gasteiger partial charge in [-0.3, -0.25) is 4.90 Å². The largest absolute Gasteiger partial charge is 0.378 e. The molecule has 0 aliphatic carbocycles. The lowest BCUT2D eigenvalue weighted by Gasteiger charge is -2.36. The fourth-order valence-corrected chi connectivity index (χ4v) is 1.83. The van der Waals surface area contributed by atoms with Gasteiger partial charge in [0.05, 0.1) is 0 Å². The van der Waals surface area contributed by atoms with E-state index in [1.165, 1.54) is 12.8 Å². The number of rotatable bonds is 2. The molecule has 0 aromatic rings. The summed E-state index contributed by atoms with van der Waals surface area (Å²) in [4.78, 5) is 2.20. The molecule has 0 aromatic carbocycles. The molecule has 0 amide bonds. The third-order valence-electron chi connectivity index (χ3n) is 2.75. The fourth-order valence-electron chi connectivity index (χ4n) is 1.83. The molecule has 0 unspecified atom stereocenters. The van der Waals surface area contributed by atoms with Gasteiger partial charge in [0.25, 0.3) is 0 Å². The highest BCUT2D eigenvalue weighted by atomic mass is 16.3. The highest BCUT2D eigenvalue weighted by Gasteiger charge is 2.30. The molecule has 2 aliphatic rings. The Morgan fingerprint density at radius 3 is 2.36 bits per heavy atom. The molecule has 11 heavy (non-hydrogen) atoms. The average molecular weight is 156 g/mol. The summed E-state index contributed by atoms with van der Waals surface area (Å²) in [6.07, 6.45) is 2.35. The van der Waals surface area contributed by atoms with Gasteiger partial charge in [0.2, 0.25) is 0 Å². The van der Waals surface area contributed by atoms with Crippen LogP contribution in [0.3, 0.4) is 0 Å². The van der Waals surface area contributed by atoms with E-state index in [0.717, 1.165) is 26.2 Å². The first-order valence-corrected chi connectivity index (χ1v) is 4.51. The van der Waals surface area contributed by atoms with E-state index in [4.69, 9.17) is 0 Å². The minimum atomic E-state index is -0.168. The highest BCUT2D eigenvalue weighted by Crippen LogP contribution is 2.18. The molecule has 0 saturated carbocycles. The van der Waals surface area contributed by atoms with Crippen LogP contribution in [0.25, 0.3) is 0 Å². The number of nitrogens with one attached hydrogen (secondary N) is 1. The first-order valence-electron chi connectivity index (χ1n) is 4.51. The Balaban J connectivity index is 1.82. The van der Waals surface area contributed by atoms with Crippen LogP contribution >= 0.6 is 0 Å². The second kappa shape index (κ2) is 3.09. The molecule has 2 saturated heterocycles. The fraction of sp³-hybridized carbons (Fsp3) is 1.00. The van der Waals surface area contributed by atoms with E-state index in [2.05, 4.69) is 10.2 Å². The smallest absolute Gasteiger partial charge is 0.112 e. The molecular weight excluding hydrogens is 140 g/mol. The number of aliphatic hydroxyl groups excluding tert-OH is 1. The van der Waals surface area contributed by atoms with Crippen molar-refractivity contribution in [3.05, 3.63) is 0 Å². The zero-order valence-corrected chi connectivity index (χ0v) is 6.79. The summed E-state index contributed by atoms with van der Waals surface area (Å²) in [6.45, 7) is 4.19. The lowest BCUT2D eigenvalue weighted by molar-refractivity contribution is -0.0429. The maximum absolute atomic E-state index is 9.75. The molecule has 3 heteroatoms. The molecule has 0 radical (unpaired) electrons. The van der Waals surface area contributed by atoms with Gasteiger partial charge in [0.1, 0.15) is 6.23 Å². The zero-order chi connectivity index (χ0) is 7.68. The first kappa shape index (κ1) is 7.53. The van der Waals surface area contributed by atoms with Gasteiger partial charge in [-0.1, -0.05) is 0 Å². The minimum Gasteiger partial charge on any atom is -0.378 e. The Morgan fingerprint density at radius 2 is 1.91 bits per heavy atom. The van der Waals surface area contributed by atoms with Crippen molar-refractivity contribution in [2.45, 2.75) is 19.1 Å². The molecule has 2 N–H and O–H groups in total. The number of hydrogen-bond acceptors (Lipinski definition) is 3. The van der Waals surface area contributed by atoms with Crippen LogP contribution in [0.15, 0.2) is 0 Å². The Bertz CT molecular complexity index is 130. The van der Waals surface area contributed by atoms with Crippen LogP contribution < -0.4 is 5.32 Å². The summed E-state index contributed by atoms with van der Waals surface area (Å²) < 4.78 is 0. The number of aliphatic hydroxyl groups is 1. The van der Waals surface area contributed by atoms with E-state index in [1.807, 2.05) is 0 Å². The summed E-state index contributed by atoms with van der Waals surface area (Å²) in [5.41, 5.74) is 0. The van der Waals surface area contributed by atoms with E-state index < -0.39 is 0 Å². The van der Waals surface area contributed by atoms with Crippen molar-refractivity contribution in [1.29, 1.82) is 0 Å². The lowest BCUT2D eigenvalue weighted by atomic mass is 10.0. The average Bonchev–Trinajstić information content (AvgIpc) is 2.32. The Hall–Kier alpha value is -0.120. The molecular formula is C8H16N2O. The van der Waals surface area contributed by atoms with Crippen molar-refractivity contribution < 1.29 is 5.11 Å². The van der Waals surface area contributed by atoms with Gasteiger partial charge in [0, 0.05) is 32.1 Å². The topological polar surface area (TPSA) is 35.5 Å². The van der Waals surface area contributed by atoms with Gasteiger partial charge in [-0.05, 0) is 12.8 Å². The van der Waals surface area contributed by atoms with Crippen LogP contribution in [0.2, 0.25) is 0 Å². The van der Waals surface area contributed by atoms with Crippen LogP contribution in [-0.4, -0.2) is 42.4 Å². The van der Waals surface area contributed by atoms with E-state index in [1.54, 1.807) is 0 Å². The third kappa shape index (κ3) is 1.41. The molecule has 0 bridgehead atoms. The van der Waals surface area contributed by atoms with Crippen LogP contribution in [0.5, 0.6) is 0 Å². The predicted molar refractivity (Wildman–Crippen MR) is 43.2 cm³/mol. The maximum atomic E-state index is 9.75. The van der Waals surface area contributed by atoms with Crippen molar-refractivity contribution in [2.75, 3.05) is 26.2 Å². The van der Waals surface area contributed by atoms with E-state index >= 15 is 0 Å². The number of likely N-dealkylation sites (tertiary alicyclic amines) is 1. The van der Waals surface area contributed by atoms with Gasteiger partial charge in [0.15, 0.2) is 0 Å². The van der Waals surface area contributed by atoms with Crippen molar-refractivity contribution in [1.82, 2.24) is 10.2 Å². The molecule has 2 rings (SSSR count). The lowest BCUT2D eigenvalue weighted by Crippen LogP contribution is -2.54. The van der Waals surface area contributed by atoms with Crippen LogP contribution in [-0.2, 0) is 0 Å². The van der Waals surface area contributed by atoms with E-state index in [9.17, 15) is 5.11 Å². The molecule has 2 heterocycles. The Kier molecular flexibility index (Phi) is 2.11. The van der Waals surface area contributed by atoms with Crippen molar-refractivity contribution in [3.63, 3.8) is 0 Å². The predicted octanol–water partition coefficient (Wildman–Crippen LogP) is -0.380. The molecule has 2 aliphatic heterocycles. The van der Waals surface area contributed by atoms with Crippen LogP contribution in [0, 0.1) is 5.92 Å². The highest BCUT2D eigenvalue weighted by molar-refractivity contribution is 4.83. The summed E-state index contributed by atoms with van der Waals surface area (Å²) in [6, 6.07) is 0. The van der Waals surface area contributed by atoms with Crippen molar-refractivity contribution in [3.8, 4) is 0 Å². The van der Waals surface area contributed by atoms with E-state index in [0.29, 0.717) is 5.92 Å². The van der Waals surface area contributed by atoms with Gasteiger partial charge in [-0.25, -0.2) is 0 Å². The monoisotopic (exact) mass is 156 g/mol. The van der Waals surface area contributed by atoms with Gasteiger partial charge in [-0.2, -0.15) is 0 Å². The molecule has 0 aromatic heterocycles. The molecule has 1 atom stereocenters. The summed E-state index contributed by atoms with van der Waals surface area (Å²) in [5.74, 6) is 0.494. The first-order chi connectivity index (χ1) is 5.38. The van der Waals surface area contributed by atoms with Gasteiger partial charge >= 0.3 is 0 Å². The second-order valence-electron chi connectivity index (χ2n) is 3.58. The zero-order valence-electron chi connectivity index (χ0n) is 6.79. The summed E-state index contributed by atoms with van der Waals surface area (Å²) in [7, 11) is 0.